The van der Waals surface area contributed by atoms with Crippen LogP contribution in [0.2, 0.25) is 0 Å². The van der Waals surface area contributed by atoms with E-state index in [4.69, 9.17) is 19.2 Å². The summed E-state index contributed by atoms with van der Waals surface area (Å²) in [6.07, 6.45) is 5.61. The zero-order chi connectivity index (χ0) is 25.7. The SMILES string of the molecule is COCOc1nn(-c2ccccc2)cc1C=Cc1nc(N2CCN(C(=O)OC(C)(C)C)CC2)sc1C. The standard InChI is InChI=1S/C26H33N5O4S/c1-19-22(27-24(36-19)29-13-15-30(16-14-29)25(32)35-26(2,3)4)12-11-20-17-31(21-9-7-6-8-10-21)28-23(20)34-18-33-5/h6-12,17H,13-16,18H2,1-5H3. The van der Waals surface area contributed by atoms with Crippen LogP contribution in [-0.4, -0.2) is 71.4 Å². The second-order valence-electron chi connectivity index (χ2n) is 9.45. The Labute approximate surface area is 215 Å². The first-order valence-electron chi connectivity index (χ1n) is 11.9. The number of benzene rings is 1. The lowest BCUT2D eigenvalue weighted by Crippen LogP contribution is -2.50. The van der Waals surface area contributed by atoms with Gasteiger partial charge in [0.05, 0.1) is 16.9 Å². The fourth-order valence-corrected chi connectivity index (χ4v) is 4.63. The summed E-state index contributed by atoms with van der Waals surface area (Å²) in [5.41, 5.74) is 2.18. The number of methoxy groups -OCH3 is 1. The molecule has 0 spiro atoms. The van der Waals surface area contributed by atoms with Crippen molar-refractivity contribution in [3.05, 3.63) is 52.7 Å². The molecule has 9 nitrogen and oxygen atoms in total. The van der Waals surface area contributed by atoms with Crippen molar-refractivity contribution in [2.24, 2.45) is 0 Å². The van der Waals surface area contributed by atoms with Gasteiger partial charge in [-0.2, -0.15) is 0 Å². The molecule has 1 aromatic carbocycles. The Kier molecular flexibility index (Phi) is 7.95. The van der Waals surface area contributed by atoms with Crippen molar-refractivity contribution in [2.75, 3.05) is 45.0 Å². The molecule has 0 atom stereocenters. The Morgan fingerprint density at radius 3 is 2.50 bits per heavy atom. The molecule has 10 heteroatoms. The summed E-state index contributed by atoms with van der Waals surface area (Å²) in [5, 5.41) is 5.52. The zero-order valence-electron chi connectivity index (χ0n) is 21.4. The van der Waals surface area contributed by atoms with Crippen molar-refractivity contribution in [3.63, 3.8) is 0 Å². The Hall–Kier alpha value is -3.37. The van der Waals surface area contributed by atoms with Crippen molar-refractivity contribution in [1.82, 2.24) is 19.7 Å². The van der Waals surface area contributed by atoms with E-state index in [1.165, 1.54) is 0 Å². The summed E-state index contributed by atoms with van der Waals surface area (Å²) in [6.45, 7) is 10.5. The van der Waals surface area contributed by atoms with Gasteiger partial charge in [0.1, 0.15) is 5.60 Å². The zero-order valence-corrected chi connectivity index (χ0v) is 22.2. The summed E-state index contributed by atoms with van der Waals surface area (Å²) < 4.78 is 18.0. The monoisotopic (exact) mass is 511 g/mol. The van der Waals surface area contributed by atoms with Crippen molar-refractivity contribution in [1.29, 1.82) is 0 Å². The average Bonchev–Trinajstić information content (AvgIpc) is 3.44. The molecule has 3 aromatic rings. The van der Waals surface area contributed by atoms with Gasteiger partial charge in [0.15, 0.2) is 11.9 Å². The minimum Gasteiger partial charge on any atom is -0.449 e. The Morgan fingerprint density at radius 2 is 1.83 bits per heavy atom. The number of carbonyl (C=O) groups excluding carboxylic acids is 1. The Balaban J connectivity index is 1.45. The highest BCUT2D eigenvalue weighted by Crippen LogP contribution is 2.29. The molecule has 3 heterocycles. The number of anilines is 1. The molecule has 4 rings (SSSR count). The van der Waals surface area contributed by atoms with Gasteiger partial charge in [0, 0.05) is 44.4 Å². The third-order valence-corrected chi connectivity index (χ3v) is 6.53. The Bertz CT molecular complexity index is 1190. The number of hydrogen-bond acceptors (Lipinski definition) is 8. The number of hydrogen-bond donors (Lipinski definition) is 0. The van der Waals surface area contributed by atoms with Crippen molar-refractivity contribution in [3.8, 4) is 11.6 Å². The molecule has 0 bridgehead atoms. The van der Waals surface area contributed by atoms with Crippen LogP contribution in [0.1, 0.15) is 36.9 Å². The van der Waals surface area contributed by atoms with Gasteiger partial charge < -0.3 is 24.0 Å². The number of ether oxygens (including phenoxy) is 3. The summed E-state index contributed by atoms with van der Waals surface area (Å²) in [4.78, 5) is 22.3. The summed E-state index contributed by atoms with van der Waals surface area (Å²) in [7, 11) is 1.58. The molecule has 1 fully saturated rings. The molecule has 1 aliphatic rings. The van der Waals surface area contributed by atoms with Crippen LogP contribution in [0.15, 0.2) is 36.5 Å². The van der Waals surface area contributed by atoms with Crippen LogP contribution < -0.4 is 9.64 Å². The average molecular weight is 512 g/mol. The minimum atomic E-state index is -0.492. The molecule has 1 aliphatic heterocycles. The molecule has 2 aromatic heterocycles. The van der Waals surface area contributed by atoms with Gasteiger partial charge in [-0.05, 0) is 52.0 Å². The molecule has 0 saturated carbocycles. The molecule has 0 N–H and O–H groups in total. The van der Waals surface area contributed by atoms with Gasteiger partial charge in [-0.25, -0.2) is 14.5 Å². The predicted molar refractivity (Wildman–Crippen MR) is 142 cm³/mol. The molecule has 192 valence electrons. The predicted octanol–water partition coefficient (Wildman–Crippen LogP) is 4.85. The number of nitrogens with zero attached hydrogens (tertiary/aromatic N) is 5. The fraction of sp³-hybridized carbons (Fsp3) is 0.423. The molecule has 0 radical (unpaired) electrons. The summed E-state index contributed by atoms with van der Waals surface area (Å²) in [5.74, 6) is 0.489. The quantitative estimate of drug-likeness (QED) is 0.420. The van der Waals surface area contributed by atoms with Crippen molar-refractivity contribution >= 4 is 34.7 Å². The van der Waals surface area contributed by atoms with Crippen LogP contribution in [0.4, 0.5) is 9.93 Å². The molecule has 0 aliphatic carbocycles. The van der Waals surface area contributed by atoms with Crippen molar-refractivity contribution in [2.45, 2.75) is 33.3 Å². The number of carbonyl (C=O) groups is 1. The van der Waals surface area contributed by atoms with E-state index in [0.717, 1.165) is 27.0 Å². The Morgan fingerprint density at radius 1 is 1.11 bits per heavy atom. The topological polar surface area (TPSA) is 82.0 Å². The second kappa shape index (κ2) is 11.1. The van der Waals surface area contributed by atoms with Crippen LogP contribution >= 0.6 is 11.3 Å². The van der Waals surface area contributed by atoms with E-state index in [-0.39, 0.29) is 12.9 Å². The number of aromatic nitrogens is 3. The molecule has 1 saturated heterocycles. The first-order valence-corrected chi connectivity index (χ1v) is 12.7. The van der Waals surface area contributed by atoms with E-state index in [1.807, 2.05) is 69.5 Å². The largest absolute Gasteiger partial charge is 0.449 e. The van der Waals surface area contributed by atoms with E-state index in [0.29, 0.717) is 32.1 Å². The third-order valence-electron chi connectivity index (χ3n) is 5.48. The number of aryl methyl sites for hydroxylation is 1. The van der Waals surface area contributed by atoms with Gasteiger partial charge >= 0.3 is 6.09 Å². The minimum absolute atomic E-state index is 0.113. The maximum Gasteiger partial charge on any atom is 0.410 e. The first kappa shape index (κ1) is 25.7. The number of para-hydroxylation sites is 1. The van der Waals surface area contributed by atoms with E-state index >= 15 is 0 Å². The van der Waals surface area contributed by atoms with Crippen LogP contribution in [0, 0.1) is 6.92 Å². The highest BCUT2D eigenvalue weighted by atomic mass is 32.1. The highest BCUT2D eigenvalue weighted by molar-refractivity contribution is 7.15. The van der Waals surface area contributed by atoms with Crippen molar-refractivity contribution < 1.29 is 19.0 Å². The molecular formula is C26H33N5O4S. The summed E-state index contributed by atoms with van der Waals surface area (Å²) in [6, 6.07) is 9.88. The number of amides is 1. The first-order chi connectivity index (χ1) is 17.2. The molecule has 36 heavy (non-hydrogen) atoms. The van der Waals surface area contributed by atoms with Gasteiger partial charge in [0.2, 0.25) is 5.88 Å². The van der Waals surface area contributed by atoms with Gasteiger partial charge in [-0.3, -0.25) is 0 Å². The molecular weight excluding hydrogens is 478 g/mol. The lowest BCUT2D eigenvalue weighted by molar-refractivity contribution is 0.0240. The van der Waals surface area contributed by atoms with E-state index < -0.39 is 5.60 Å². The van der Waals surface area contributed by atoms with E-state index in [2.05, 4.69) is 16.9 Å². The van der Waals surface area contributed by atoms with E-state index in [1.54, 1.807) is 28.0 Å². The van der Waals surface area contributed by atoms with Gasteiger partial charge in [-0.15, -0.1) is 16.4 Å². The maximum atomic E-state index is 12.4. The molecule has 0 unspecified atom stereocenters. The van der Waals surface area contributed by atoms with Gasteiger partial charge in [0.25, 0.3) is 0 Å². The lowest BCUT2D eigenvalue weighted by atomic mass is 10.2. The van der Waals surface area contributed by atoms with Crippen LogP contribution in [0.25, 0.3) is 17.8 Å². The normalized spacial score (nSPS) is 14.5. The maximum absolute atomic E-state index is 12.4. The smallest absolute Gasteiger partial charge is 0.410 e. The third kappa shape index (κ3) is 6.44. The van der Waals surface area contributed by atoms with E-state index in [9.17, 15) is 4.79 Å². The van der Waals surface area contributed by atoms with Crippen LogP contribution in [0.3, 0.4) is 0 Å². The fourth-order valence-electron chi connectivity index (χ4n) is 3.68. The molecule has 1 amide bonds. The number of thiazole rings is 1. The van der Waals surface area contributed by atoms with Gasteiger partial charge in [-0.1, -0.05) is 18.2 Å². The highest BCUT2D eigenvalue weighted by Gasteiger charge is 2.27. The van der Waals surface area contributed by atoms with Crippen LogP contribution in [0.5, 0.6) is 5.88 Å². The number of piperazine rings is 1. The number of rotatable bonds is 7. The van der Waals surface area contributed by atoms with Crippen LogP contribution in [-0.2, 0) is 9.47 Å². The summed E-state index contributed by atoms with van der Waals surface area (Å²) >= 11 is 1.65. The lowest BCUT2D eigenvalue weighted by Gasteiger charge is -2.35. The second-order valence-corrected chi connectivity index (χ2v) is 10.6.